The van der Waals surface area contributed by atoms with Crippen LogP contribution in [0.3, 0.4) is 0 Å². The molecule has 2 amide bonds. The maximum Gasteiger partial charge on any atom is 0.286 e. The normalized spacial score (nSPS) is 13.4. The minimum atomic E-state index is -0.737. The van der Waals surface area contributed by atoms with Gasteiger partial charge in [-0.25, -0.2) is 0 Å². The zero-order valence-electron chi connectivity index (χ0n) is 17.5. The second kappa shape index (κ2) is 9.31. The molecule has 0 unspecified atom stereocenters. The van der Waals surface area contributed by atoms with Crippen LogP contribution in [0.1, 0.15) is 44.5 Å². The number of nitrogens with zero attached hydrogens (tertiary/aromatic N) is 2. The van der Waals surface area contributed by atoms with Crippen molar-refractivity contribution >= 4 is 33.8 Å². The van der Waals surface area contributed by atoms with Crippen LogP contribution in [0.2, 0.25) is 0 Å². The number of ether oxygens (including phenoxy) is 2. The number of hydrogen-bond donors (Lipinski definition) is 2. The first-order valence-electron chi connectivity index (χ1n) is 9.69. The molecule has 1 aliphatic rings. The zero-order chi connectivity index (χ0) is 22.7. The predicted octanol–water partition coefficient (Wildman–Crippen LogP) is 2.79. The number of carbonyl (C=O) groups is 2. The van der Waals surface area contributed by atoms with Gasteiger partial charge in [-0.3, -0.25) is 24.6 Å². The van der Waals surface area contributed by atoms with Crippen LogP contribution in [0.15, 0.2) is 12.1 Å². The quantitative estimate of drug-likeness (QED) is 0.468. The highest BCUT2D eigenvalue weighted by Gasteiger charge is 2.30. The lowest BCUT2D eigenvalue weighted by Gasteiger charge is -2.26. The number of amides is 2. The molecule has 3 rings (SSSR count). The van der Waals surface area contributed by atoms with E-state index in [0.717, 1.165) is 36.0 Å². The van der Waals surface area contributed by atoms with Crippen molar-refractivity contribution in [3.63, 3.8) is 0 Å². The number of nitro groups is 1. The van der Waals surface area contributed by atoms with Gasteiger partial charge in [0.1, 0.15) is 10.6 Å². The Hall–Kier alpha value is -3.18. The second-order valence-electron chi connectivity index (χ2n) is 7.03. The van der Waals surface area contributed by atoms with Gasteiger partial charge in [0.15, 0.2) is 11.5 Å². The third kappa shape index (κ3) is 4.47. The van der Waals surface area contributed by atoms with Crippen molar-refractivity contribution in [2.45, 2.75) is 26.3 Å². The minimum Gasteiger partial charge on any atom is -0.493 e. The van der Waals surface area contributed by atoms with Crippen LogP contribution in [0, 0.1) is 10.1 Å². The average Bonchev–Trinajstić information content (AvgIpc) is 3.09. The summed E-state index contributed by atoms with van der Waals surface area (Å²) >= 11 is 1.27. The van der Waals surface area contributed by atoms with Crippen LogP contribution in [-0.4, -0.2) is 48.9 Å². The van der Waals surface area contributed by atoms with E-state index in [4.69, 9.17) is 15.2 Å². The van der Waals surface area contributed by atoms with Crippen molar-refractivity contribution in [1.82, 2.24) is 4.90 Å². The standard InChI is InChI=1S/C20H24N4O6S/c1-4-6-23-7-5-11-16(10-23)31-20(17(11)18(21)25)22-19(26)12-8-14(29-2)15(30-3)9-13(12)24(27)28/h8-9H,4-7,10H2,1-3H3,(H2,21,25)(H,22,26). The molecule has 1 aliphatic heterocycles. The number of carbonyl (C=O) groups excluding carboxylic acids is 2. The van der Waals surface area contributed by atoms with Crippen molar-refractivity contribution < 1.29 is 24.0 Å². The Balaban J connectivity index is 1.99. The van der Waals surface area contributed by atoms with Crippen LogP contribution in [0.5, 0.6) is 11.5 Å². The molecule has 0 radical (unpaired) electrons. The van der Waals surface area contributed by atoms with Crippen LogP contribution < -0.4 is 20.5 Å². The molecule has 0 saturated heterocycles. The maximum absolute atomic E-state index is 13.0. The molecule has 0 saturated carbocycles. The number of anilines is 1. The monoisotopic (exact) mass is 448 g/mol. The molecular weight excluding hydrogens is 424 g/mol. The Morgan fingerprint density at radius 3 is 2.55 bits per heavy atom. The Morgan fingerprint density at radius 2 is 1.97 bits per heavy atom. The molecule has 11 heteroatoms. The Bertz CT molecular complexity index is 1040. The predicted molar refractivity (Wildman–Crippen MR) is 116 cm³/mol. The number of fused-ring (bicyclic) bond motifs is 1. The fourth-order valence-corrected chi connectivity index (χ4v) is 4.97. The number of primary amides is 1. The van der Waals surface area contributed by atoms with E-state index in [1.54, 1.807) is 0 Å². The zero-order valence-corrected chi connectivity index (χ0v) is 18.3. The summed E-state index contributed by atoms with van der Waals surface area (Å²) in [6, 6.07) is 2.37. The molecule has 1 aromatic heterocycles. The van der Waals surface area contributed by atoms with Crippen LogP contribution in [0.4, 0.5) is 10.7 Å². The van der Waals surface area contributed by atoms with Gasteiger partial charge in [-0.2, -0.15) is 0 Å². The average molecular weight is 449 g/mol. The van der Waals surface area contributed by atoms with E-state index in [1.165, 1.54) is 31.6 Å². The van der Waals surface area contributed by atoms with Gasteiger partial charge in [-0.05, 0) is 24.9 Å². The van der Waals surface area contributed by atoms with E-state index in [2.05, 4.69) is 17.1 Å². The summed E-state index contributed by atoms with van der Waals surface area (Å²) in [7, 11) is 2.71. The van der Waals surface area contributed by atoms with Crippen LogP contribution >= 0.6 is 11.3 Å². The van der Waals surface area contributed by atoms with Crippen molar-refractivity contribution in [2.24, 2.45) is 5.73 Å². The number of benzene rings is 1. The Labute approximate surface area is 183 Å². The minimum absolute atomic E-state index is 0.131. The Morgan fingerprint density at radius 1 is 1.29 bits per heavy atom. The van der Waals surface area contributed by atoms with Gasteiger partial charge in [0, 0.05) is 24.0 Å². The largest absolute Gasteiger partial charge is 0.493 e. The van der Waals surface area contributed by atoms with Gasteiger partial charge < -0.3 is 20.5 Å². The summed E-state index contributed by atoms with van der Waals surface area (Å²) in [4.78, 5) is 39.2. The molecule has 166 valence electrons. The molecule has 0 bridgehead atoms. The van der Waals surface area contributed by atoms with Crippen LogP contribution in [-0.2, 0) is 13.0 Å². The molecule has 0 spiro atoms. The van der Waals surface area contributed by atoms with Crippen molar-refractivity contribution in [1.29, 1.82) is 0 Å². The lowest BCUT2D eigenvalue weighted by atomic mass is 10.0. The summed E-state index contributed by atoms with van der Waals surface area (Å²) in [6.07, 6.45) is 1.66. The lowest BCUT2D eigenvalue weighted by Crippen LogP contribution is -2.31. The summed E-state index contributed by atoms with van der Waals surface area (Å²) in [5, 5.41) is 14.5. The van der Waals surface area contributed by atoms with E-state index in [-0.39, 0.29) is 22.6 Å². The third-order valence-electron chi connectivity index (χ3n) is 5.09. The Kier molecular flexibility index (Phi) is 6.76. The van der Waals surface area contributed by atoms with Crippen molar-refractivity contribution in [3.05, 3.63) is 43.8 Å². The number of nitrogens with one attached hydrogen (secondary N) is 1. The lowest BCUT2D eigenvalue weighted by molar-refractivity contribution is -0.385. The van der Waals surface area contributed by atoms with Gasteiger partial charge in [0.25, 0.3) is 17.5 Å². The number of thiophene rings is 1. The number of nitrogens with two attached hydrogens (primary N) is 1. The fraction of sp³-hybridized carbons (Fsp3) is 0.400. The molecule has 3 N–H and O–H groups in total. The number of rotatable bonds is 8. The van der Waals surface area contributed by atoms with E-state index in [1.807, 2.05) is 0 Å². The van der Waals surface area contributed by atoms with Crippen molar-refractivity contribution in [2.75, 3.05) is 32.6 Å². The van der Waals surface area contributed by atoms with Gasteiger partial charge in [-0.15, -0.1) is 11.3 Å². The molecule has 2 aromatic rings. The van der Waals surface area contributed by atoms with E-state index < -0.39 is 22.4 Å². The molecule has 0 atom stereocenters. The molecule has 0 fully saturated rings. The van der Waals surface area contributed by atoms with Gasteiger partial charge in [0.2, 0.25) is 0 Å². The van der Waals surface area contributed by atoms with E-state index >= 15 is 0 Å². The highest BCUT2D eigenvalue weighted by Crippen LogP contribution is 2.39. The first-order chi connectivity index (χ1) is 14.8. The summed E-state index contributed by atoms with van der Waals surface area (Å²) in [5.74, 6) is -1.07. The topological polar surface area (TPSA) is 137 Å². The molecule has 31 heavy (non-hydrogen) atoms. The van der Waals surface area contributed by atoms with E-state index in [9.17, 15) is 19.7 Å². The number of hydrogen-bond acceptors (Lipinski definition) is 8. The van der Waals surface area contributed by atoms with Gasteiger partial charge in [-0.1, -0.05) is 6.92 Å². The summed E-state index contributed by atoms with van der Waals surface area (Å²) < 4.78 is 10.3. The third-order valence-corrected chi connectivity index (χ3v) is 6.22. The molecule has 0 aliphatic carbocycles. The first kappa shape index (κ1) is 22.5. The number of nitro benzene ring substituents is 1. The van der Waals surface area contributed by atoms with E-state index in [0.29, 0.717) is 18.0 Å². The highest BCUT2D eigenvalue weighted by molar-refractivity contribution is 7.17. The highest BCUT2D eigenvalue weighted by atomic mass is 32.1. The van der Waals surface area contributed by atoms with Gasteiger partial charge >= 0.3 is 0 Å². The van der Waals surface area contributed by atoms with Crippen molar-refractivity contribution in [3.8, 4) is 11.5 Å². The maximum atomic E-state index is 13.0. The molecule has 1 aromatic carbocycles. The second-order valence-corrected chi connectivity index (χ2v) is 8.14. The first-order valence-corrected chi connectivity index (χ1v) is 10.5. The SMILES string of the molecule is CCCN1CCc2c(sc(NC(=O)c3cc(OC)c(OC)cc3[N+](=O)[O-])c2C(N)=O)C1. The number of methoxy groups -OCH3 is 2. The van der Waals surface area contributed by atoms with Gasteiger partial charge in [0.05, 0.1) is 30.8 Å². The molecule has 10 nitrogen and oxygen atoms in total. The van der Waals surface area contributed by atoms with Crippen LogP contribution in [0.25, 0.3) is 0 Å². The summed E-state index contributed by atoms with van der Waals surface area (Å²) in [6.45, 7) is 4.50. The fourth-order valence-electron chi connectivity index (χ4n) is 3.68. The molecule has 2 heterocycles. The molecular formula is C20H24N4O6S. The summed E-state index contributed by atoms with van der Waals surface area (Å²) in [5.41, 5.74) is 6.07. The smallest absolute Gasteiger partial charge is 0.286 e.